The fraction of sp³-hybridized carbons (Fsp3) is 0.474. The van der Waals surface area contributed by atoms with E-state index < -0.39 is 6.10 Å². The number of H-pyrrole nitrogens is 1. The number of carbonyl (C=O) groups excluding carboxylic acids is 1. The summed E-state index contributed by atoms with van der Waals surface area (Å²) in [6.45, 7) is 2.34. The molecular formula is C19H24N4O2. The molecule has 1 amide bonds. The molecule has 2 aliphatic rings. The van der Waals surface area contributed by atoms with E-state index in [4.69, 9.17) is 0 Å². The first-order valence-corrected chi connectivity index (χ1v) is 9.05. The zero-order chi connectivity index (χ0) is 17.2. The summed E-state index contributed by atoms with van der Waals surface area (Å²) in [5.74, 6) is -0.0102. The zero-order valence-electron chi connectivity index (χ0n) is 14.2. The van der Waals surface area contributed by atoms with Crippen molar-refractivity contribution in [3.05, 3.63) is 52.8 Å². The molecule has 0 aliphatic carbocycles. The van der Waals surface area contributed by atoms with Gasteiger partial charge in [-0.05, 0) is 24.8 Å². The van der Waals surface area contributed by atoms with Crippen LogP contribution in [0.25, 0.3) is 0 Å². The predicted molar refractivity (Wildman–Crippen MR) is 94.1 cm³/mol. The number of aromatic nitrogens is 2. The van der Waals surface area contributed by atoms with Gasteiger partial charge in [-0.2, -0.15) is 5.10 Å². The van der Waals surface area contributed by atoms with Gasteiger partial charge in [0.1, 0.15) is 0 Å². The molecule has 132 valence electrons. The Morgan fingerprint density at radius 1 is 1.36 bits per heavy atom. The zero-order valence-corrected chi connectivity index (χ0v) is 14.2. The van der Waals surface area contributed by atoms with Gasteiger partial charge in [-0.15, -0.1) is 0 Å². The summed E-state index contributed by atoms with van der Waals surface area (Å²) in [6, 6.07) is 9.73. The molecule has 2 atom stereocenters. The Kier molecular flexibility index (Phi) is 4.55. The average Bonchev–Trinajstić information content (AvgIpc) is 3.29. The second kappa shape index (κ2) is 6.98. The highest BCUT2D eigenvalue weighted by Crippen LogP contribution is 2.29. The third kappa shape index (κ3) is 3.19. The number of aliphatic hydroxyl groups excluding tert-OH is 1. The second-order valence-electron chi connectivity index (χ2n) is 6.91. The highest BCUT2D eigenvalue weighted by Gasteiger charge is 2.34. The molecule has 2 aliphatic heterocycles. The van der Waals surface area contributed by atoms with Crippen molar-refractivity contribution in [2.75, 3.05) is 13.1 Å². The van der Waals surface area contributed by atoms with E-state index in [0.717, 1.165) is 49.2 Å². The normalized spacial score (nSPS) is 21.2. The molecular weight excluding hydrogens is 316 g/mol. The van der Waals surface area contributed by atoms with Crippen LogP contribution in [0.15, 0.2) is 30.3 Å². The third-order valence-corrected chi connectivity index (χ3v) is 5.33. The second-order valence-corrected chi connectivity index (χ2v) is 6.91. The van der Waals surface area contributed by atoms with Crippen molar-refractivity contribution in [2.24, 2.45) is 0 Å². The van der Waals surface area contributed by atoms with Crippen molar-refractivity contribution in [1.29, 1.82) is 0 Å². The maximum Gasteiger partial charge on any atom is 0.274 e. The minimum Gasteiger partial charge on any atom is -0.388 e. The van der Waals surface area contributed by atoms with Crippen LogP contribution in [0.5, 0.6) is 0 Å². The number of aliphatic hydroxyl groups is 1. The summed E-state index contributed by atoms with van der Waals surface area (Å²) in [5.41, 5.74) is 3.53. The van der Waals surface area contributed by atoms with Crippen LogP contribution in [-0.4, -0.2) is 45.2 Å². The fourth-order valence-electron chi connectivity index (χ4n) is 3.96. The standard InChI is InChI=1S/C19H24N4O2/c24-17(13-5-2-1-3-6-13)11-14-7-4-10-23(14)19(25)18-15-12-20-9-8-16(15)21-22-18/h1-3,5-6,14,17,20,24H,4,7-12H2,(H,21,22). The molecule has 1 aromatic heterocycles. The van der Waals surface area contributed by atoms with Gasteiger partial charge in [0.05, 0.1) is 6.10 Å². The minimum absolute atomic E-state index is 0.0102. The molecule has 3 N–H and O–H groups in total. The number of rotatable bonds is 4. The summed E-state index contributed by atoms with van der Waals surface area (Å²) in [4.78, 5) is 14.9. The van der Waals surface area contributed by atoms with Gasteiger partial charge >= 0.3 is 0 Å². The summed E-state index contributed by atoms with van der Waals surface area (Å²) >= 11 is 0. The van der Waals surface area contributed by atoms with Crippen molar-refractivity contribution in [3.8, 4) is 0 Å². The highest BCUT2D eigenvalue weighted by atomic mass is 16.3. The van der Waals surface area contributed by atoms with Gasteiger partial charge < -0.3 is 15.3 Å². The molecule has 6 nitrogen and oxygen atoms in total. The lowest BCUT2D eigenvalue weighted by Gasteiger charge is -2.26. The number of hydrogen-bond donors (Lipinski definition) is 3. The lowest BCUT2D eigenvalue weighted by atomic mass is 10.00. The number of nitrogens with one attached hydrogen (secondary N) is 2. The minimum atomic E-state index is -0.547. The lowest BCUT2D eigenvalue weighted by molar-refractivity contribution is 0.0660. The molecule has 1 saturated heterocycles. The molecule has 0 radical (unpaired) electrons. The van der Waals surface area contributed by atoms with E-state index in [1.54, 1.807) is 0 Å². The Morgan fingerprint density at radius 3 is 3.04 bits per heavy atom. The molecule has 2 aromatic rings. The van der Waals surface area contributed by atoms with E-state index in [0.29, 0.717) is 18.7 Å². The molecule has 1 fully saturated rings. The first-order chi connectivity index (χ1) is 12.2. The summed E-state index contributed by atoms with van der Waals surface area (Å²) in [7, 11) is 0. The van der Waals surface area contributed by atoms with Crippen LogP contribution in [0.3, 0.4) is 0 Å². The van der Waals surface area contributed by atoms with Crippen LogP contribution in [0.4, 0.5) is 0 Å². The van der Waals surface area contributed by atoms with Crippen molar-refractivity contribution < 1.29 is 9.90 Å². The average molecular weight is 340 g/mol. The molecule has 3 heterocycles. The van der Waals surface area contributed by atoms with Crippen LogP contribution >= 0.6 is 0 Å². The predicted octanol–water partition coefficient (Wildman–Crippen LogP) is 1.78. The number of nitrogens with zero attached hydrogens (tertiary/aromatic N) is 2. The molecule has 0 bridgehead atoms. The van der Waals surface area contributed by atoms with Crippen molar-refractivity contribution >= 4 is 5.91 Å². The Hall–Kier alpha value is -2.18. The number of amides is 1. The summed E-state index contributed by atoms with van der Waals surface area (Å²) < 4.78 is 0. The van der Waals surface area contributed by atoms with Gasteiger partial charge in [0, 0.05) is 43.4 Å². The van der Waals surface area contributed by atoms with Crippen molar-refractivity contribution in [1.82, 2.24) is 20.4 Å². The molecule has 0 spiro atoms. The number of aromatic amines is 1. The van der Waals surface area contributed by atoms with Gasteiger partial charge in [-0.1, -0.05) is 30.3 Å². The number of carbonyl (C=O) groups is 1. The SMILES string of the molecule is O=C(c1n[nH]c2c1CNCC2)N1CCCC1CC(O)c1ccccc1. The van der Waals surface area contributed by atoms with E-state index in [1.807, 2.05) is 35.2 Å². The largest absolute Gasteiger partial charge is 0.388 e. The smallest absolute Gasteiger partial charge is 0.274 e. The topological polar surface area (TPSA) is 81.2 Å². The van der Waals surface area contributed by atoms with E-state index in [-0.39, 0.29) is 11.9 Å². The van der Waals surface area contributed by atoms with E-state index in [2.05, 4.69) is 15.5 Å². The number of benzene rings is 1. The Morgan fingerprint density at radius 2 is 2.20 bits per heavy atom. The molecule has 0 saturated carbocycles. The number of hydrogen-bond acceptors (Lipinski definition) is 4. The molecule has 6 heteroatoms. The van der Waals surface area contributed by atoms with E-state index in [1.165, 1.54) is 0 Å². The number of fused-ring (bicyclic) bond motifs is 1. The molecule has 4 rings (SSSR count). The third-order valence-electron chi connectivity index (χ3n) is 5.33. The van der Waals surface area contributed by atoms with Crippen LogP contribution in [-0.2, 0) is 13.0 Å². The molecule has 2 unspecified atom stereocenters. The van der Waals surface area contributed by atoms with Crippen LogP contribution in [0, 0.1) is 0 Å². The summed E-state index contributed by atoms with van der Waals surface area (Å²) in [5, 5.41) is 21.2. The van der Waals surface area contributed by atoms with E-state index in [9.17, 15) is 9.90 Å². The maximum atomic E-state index is 13.0. The van der Waals surface area contributed by atoms with Gasteiger partial charge in [-0.25, -0.2) is 0 Å². The molecule has 1 aromatic carbocycles. The Labute approximate surface area is 147 Å². The monoisotopic (exact) mass is 340 g/mol. The van der Waals surface area contributed by atoms with Crippen LogP contribution in [0.1, 0.15) is 52.7 Å². The molecule has 25 heavy (non-hydrogen) atoms. The van der Waals surface area contributed by atoms with E-state index >= 15 is 0 Å². The van der Waals surface area contributed by atoms with Crippen molar-refractivity contribution in [3.63, 3.8) is 0 Å². The highest BCUT2D eigenvalue weighted by molar-refractivity contribution is 5.94. The first-order valence-electron chi connectivity index (χ1n) is 9.05. The van der Waals surface area contributed by atoms with Gasteiger partial charge in [0.2, 0.25) is 0 Å². The fourth-order valence-corrected chi connectivity index (χ4v) is 3.96. The number of likely N-dealkylation sites (tertiary alicyclic amines) is 1. The van der Waals surface area contributed by atoms with Gasteiger partial charge in [0.25, 0.3) is 5.91 Å². The summed E-state index contributed by atoms with van der Waals surface area (Å²) in [6.07, 6.45) is 2.81. The van der Waals surface area contributed by atoms with Crippen molar-refractivity contribution in [2.45, 2.75) is 44.4 Å². The van der Waals surface area contributed by atoms with Gasteiger partial charge in [-0.3, -0.25) is 9.89 Å². The van der Waals surface area contributed by atoms with Gasteiger partial charge in [0.15, 0.2) is 5.69 Å². The Balaban J connectivity index is 1.49. The quantitative estimate of drug-likeness (QED) is 0.792. The maximum absolute atomic E-state index is 13.0. The van der Waals surface area contributed by atoms with Crippen LogP contribution in [0.2, 0.25) is 0 Å². The first kappa shape index (κ1) is 16.3. The Bertz CT molecular complexity index is 743. The lowest BCUT2D eigenvalue weighted by Crippen LogP contribution is -2.37. The van der Waals surface area contributed by atoms with Crippen LogP contribution < -0.4 is 5.32 Å².